The van der Waals surface area contributed by atoms with Gasteiger partial charge >= 0.3 is 0 Å². The van der Waals surface area contributed by atoms with Gasteiger partial charge in [0.05, 0.1) is 17.8 Å². The molecule has 0 atom stereocenters. The van der Waals surface area contributed by atoms with E-state index in [0.717, 1.165) is 11.1 Å². The Labute approximate surface area is 161 Å². The molecule has 0 saturated carbocycles. The molecule has 0 bridgehead atoms. The molecule has 0 spiro atoms. The number of hydrogen-bond donors (Lipinski definition) is 0. The average molecular weight is 375 g/mol. The van der Waals surface area contributed by atoms with Crippen molar-refractivity contribution in [2.24, 2.45) is 17.0 Å². The SMILES string of the molecule is Cc1ccc(C=Nc2cc(F)cc3c2C(Cc2ncnn2C)=NCC3=O)cc1. The number of aliphatic imine (C=N–C) groups is 2. The highest BCUT2D eigenvalue weighted by molar-refractivity contribution is 6.18. The quantitative estimate of drug-likeness (QED) is 0.657. The molecule has 0 N–H and O–H groups in total. The third-order valence-electron chi connectivity index (χ3n) is 4.65. The first kappa shape index (κ1) is 17.9. The molecule has 0 radical (unpaired) electrons. The van der Waals surface area contributed by atoms with Gasteiger partial charge in [0, 0.05) is 30.5 Å². The second-order valence-corrected chi connectivity index (χ2v) is 6.68. The predicted molar refractivity (Wildman–Crippen MR) is 105 cm³/mol. The largest absolute Gasteiger partial charge is 0.292 e. The van der Waals surface area contributed by atoms with Crippen LogP contribution in [-0.2, 0) is 13.5 Å². The van der Waals surface area contributed by atoms with Crippen molar-refractivity contribution in [1.82, 2.24) is 14.8 Å². The summed E-state index contributed by atoms with van der Waals surface area (Å²) < 4.78 is 15.8. The van der Waals surface area contributed by atoms with Gasteiger partial charge in [-0.1, -0.05) is 29.8 Å². The maximum Gasteiger partial charge on any atom is 0.185 e. The number of aryl methyl sites for hydroxylation is 2. The molecule has 0 amide bonds. The lowest BCUT2D eigenvalue weighted by Gasteiger charge is -2.18. The van der Waals surface area contributed by atoms with E-state index in [1.807, 2.05) is 31.2 Å². The summed E-state index contributed by atoms with van der Waals surface area (Å²) in [5, 5.41) is 4.07. The van der Waals surface area contributed by atoms with Crippen LogP contribution in [0.5, 0.6) is 0 Å². The Morgan fingerprint density at radius 1 is 1.25 bits per heavy atom. The molecule has 4 rings (SSSR count). The van der Waals surface area contributed by atoms with Gasteiger partial charge < -0.3 is 0 Å². The molecular formula is C21H18FN5O. The molecule has 28 heavy (non-hydrogen) atoms. The van der Waals surface area contributed by atoms with Crippen LogP contribution in [0.2, 0.25) is 0 Å². The summed E-state index contributed by atoms with van der Waals surface area (Å²) in [4.78, 5) is 25.5. The van der Waals surface area contributed by atoms with Gasteiger partial charge in [0.2, 0.25) is 0 Å². The molecule has 1 aliphatic rings. The molecule has 140 valence electrons. The number of halogens is 1. The molecule has 0 fully saturated rings. The Bertz CT molecular complexity index is 1110. The predicted octanol–water partition coefficient (Wildman–Crippen LogP) is 3.24. The monoisotopic (exact) mass is 375 g/mol. The fourth-order valence-corrected chi connectivity index (χ4v) is 3.12. The lowest BCUT2D eigenvalue weighted by molar-refractivity contribution is 0.0999. The molecule has 2 heterocycles. The number of benzene rings is 2. The van der Waals surface area contributed by atoms with Gasteiger partial charge in [0.1, 0.15) is 24.5 Å². The van der Waals surface area contributed by atoms with Gasteiger partial charge in [-0.25, -0.2) is 9.37 Å². The Kier molecular flexibility index (Phi) is 4.65. The zero-order valence-electron chi connectivity index (χ0n) is 15.6. The maximum absolute atomic E-state index is 14.2. The first-order valence-corrected chi connectivity index (χ1v) is 8.85. The summed E-state index contributed by atoms with van der Waals surface area (Å²) in [7, 11) is 1.79. The van der Waals surface area contributed by atoms with Crippen molar-refractivity contribution >= 4 is 23.4 Å². The normalized spacial score (nSPS) is 13.7. The van der Waals surface area contributed by atoms with E-state index in [1.54, 1.807) is 17.9 Å². The van der Waals surface area contributed by atoms with E-state index < -0.39 is 5.82 Å². The summed E-state index contributed by atoms with van der Waals surface area (Å²) in [6.45, 7) is 2.00. The minimum atomic E-state index is -0.497. The van der Waals surface area contributed by atoms with Crippen LogP contribution in [-0.4, -0.2) is 39.0 Å². The summed E-state index contributed by atoms with van der Waals surface area (Å²) in [5.41, 5.74) is 3.93. The van der Waals surface area contributed by atoms with Crippen molar-refractivity contribution in [3.63, 3.8) is 0 Å². The van der Waals surface area contributed by atoms with Crippen molar-refractivity contribution in [2.75, 3.05) is 6.54 Å². The minimum absolute atomic E-state index is 0.00917. The lowest BCUT2D eigenvalue weighted by Crippen LogP contribution is -2.22. The number of hydrogen-bond acceptors (Lipinski definition) is 5. The molecule has 1 aliphatic heterocycles. The highest BCUT2D eigenvalue weighted by atomic mass is 19.1. The molecule has 2 aromatic carbocycles. The second-order valence-electron chi connectivity index (χ2n) is 6.68. The first-order valence-electron chi connectivity index (χ1n) is 8.85. The molecular weight excluding hydrogens is 357 g/mol. The van der Waals surface area contributed by atoms with Crippen molar-refractivity contribution in [3.8, 4) is 0 Å². The Morgan fingerprint density at radius 2 is 2.04 bits per heavy atom. The molecule has 0 unspecified atom stereocenters. The van der Waals surface area contributed by atoms with Crippen LogP contribution < -0.4 is 0 Å². The van der Waals surface area contributed by atoms with Crippen LogP contribution in [0.3, 0.4) is 0 Å². The first-order chi connectivity index (χ1) is 13.5. The van der Waals surface area contributed by atoms with Gasteiger partial charge in [0.25, 0.3) is 0 Å². The van der Waals surface area contributed by atoms with Crippen molar-refractivity contribution < 1.29 is 9.18 Å². The van der Waals surface area contributed by atoms with Crippen LogP contribution in [0.4, 0.5) is 10.1 Å². The number of ketones is 1. The molecule has 3 aromatic rings. The lowest BCUT2D eigenvalue weighted by atomic mass is 9.93. The number of nitrogens with zero attached hydrogens (tertiary/aromatic N) is 5. The smallest absolute Gasteiger partial charge is 0.185 e. The average Bonchev–Trinajstić information content (AvgIpc) is 3.08. The van der Waals surface area contributed by atoms with Crippen LogP contribution in [0, 0.1) is 12.7 Å². The number of carbonyl (C=O) groups is 1. The third-order valence-corrected chi connectivity index (χ3v) is 4.65. The third kappa shape index (κ3) is 3.51. The standard InChI is InChI=1S/C21H18FN5O/c1-13-3-5-14(6-4-13)10-23-17-8-15(22)7-16-19(28)11-24-18(21(16)17)9-20-25-12-26-27(20)2/h3-8,10,12H,9,11H2,1-2H3. The molecule has 0 saturated heterocycles. The summed E-state index contributed by atoms with van der Waals surface area (Å²) in [6, 6.07) is 10.4. The van der Waals surface area contributed by atoms with Gasteiger partial charge in [-0.3, -0.25) is 19.5 Å². The van der Waals surface area contributed by atoms with Crippen LogP contribution in [0.25, 0.3) is 0 Å². The molecule has 0 aliphatic carbocycles. The minimum Gasteiger partial charge on any atom is -0.292 e. The van der Waals surface area contributed by atoms with Crippen LogP contribution >= 0.6 is 0 Å². The van der Waals surface area contributed by atoms with E-state index in [-0.39, 0.29) is 12.3 Å². The molecule has 1 aromatic heterocycles. The van der Waals surface area contributed by atoms with E-state index in [1.165, 1.54) is 18.5 Å². The fraction of sp³-hybridized carbons (Fsp3) is 0.190. The second kappa shape index (κ2) is 7.26. The van der Waals surface area contributed by atoms with Crippen molar-refractivity contribution in [1.29, 1.82) is 0 Å². The highest BCUT2D eigenvalue weighted by Gasteiger charge is 2.25. The fourth-order valence-electron chi connectivity index (χ4n) is 3.12. The van der Waals surface area contributed by atoms with Gasteiger partial charge in [-0.2, -0.15) is 5.10 Å². The number of carbonyl (C=O) groups excluding carboxylic acids is 1. The zero-order valence-corrected chi connectivity index (χ0v) is 15.6. The molecule has 7 heteroatoms. The van der Waals surface area contributed by atoms with Gasteiger partial charge in [-0.05, 0) is 18.6 Å². The number of aromatic nitrogens is 3. The van der Waals surface area contributed by atoms with E-state index in [2.05, 4.69) is 20.1 Å². The van der Waals surface area contributed by atoms with Gasteiger partial charge in [0.15, 0.2) is 5.78 Å². The number of rotatable bonds is 4. The maximum atomic E-state index is 14.2. The topological polar surface area (TPSA) is 72.5 Å². The van der Waals surface area contributed by atoms with E-state index >= 15 is 0 Å². The summed E-state index contributed by atoms with van der Waals surface area (Å²) in [6.07, 6.45) is 3.51. The van der Waals surface area contributed by atoms with Crippen molar-refractivity contribution in [2.45, 2.75) is 13.3 Å². The van der Waals surface area contributed by atoms with Crippen molar-refractivity contribution in [3.05, 3.63) is 76.6 Å². The Balaban J connectivity index is 1.77. The van der Waals surface area contributed by atoms with E-state index in [9.17, 15) is 9.18 Å². The summed E-state index contributed by atoms with van der Waals surface area (Å²) in [5.74, 6) is -0.0112. The zero-order chi connectivity index (χ0) is 19.7. The number of Topliss-reactive ketones (excluding diaryl/α,β-unsaturated/α-hetero) is 1. The number of fused-ring (bicyclic) bond motifs is 1. The highest BCUT2D eigenvalue weighted by Crippen LogP contribution is 2.29. The van der Waals surface area contributed by atoms with E-state index in [0.29, 0.717) is 34.8 Å². The summed E-state index contributed by atoms with van der Waals surface area (Å²) >= 11 is 0. The van der Waals surface area contributed by atoms with Crippen LogP contribution in [0.15, 0.2) is 52.7 Å². The Morgan fingerprint density at radius 3 is 2.75 bits per heavy atom. The molecule has 6 nitrogen and oxygen atoms in total. The van der Waals surface area contributed by atoms with Gasteiger partial charge in [-0.15, -0.1) is 0 Å². The van der Waals surface area contributed by atoms with Crippen LogP contribution in [0.1, 0.15) is 32.9 Å². The van der Waals surface area contributed by atoms with E-state index in [4.69, 9.17) is 0 Å². The Hall–Kier alpha value is -3.48.